The van der Waals surface area contributed by atoms with Crippen LogP contribution >= 0.6 is 0 Å². The third-order valence-corrected chi connectivity index (χ3v) is 5.27. The Balaban J connectivity index is 1.74. The van der Waals surface area contributed by atoms with Crippen LogP contribution in [0.4, 0.5) is 0 Å². The van der Waals surface area contributed by atoms with Crippen LogP contribution in [0.5, 0.6) is 11.5 Å². The van der Waals surface area contributed by atoms with E-state index in [0.717, 1.165) is 16.3 Å². The molecule has 4 aromatic carbocycles. The number of nitrogens with two attached hydrogens (primary N) is 1. The van der Waals surface area contributed by atoms with E-state index in [4.69, 9.17) is 15.2 Å². The average Bonchev–Trinajstić information content (AvgIpc) is 2.84. The zero-order valence-corrected chi connectivity index (χ0v) is 17.7. The summed E-state index contributed by atoms with van der Waals surface area (Å²) in [5.74, 6) is -0.220. The first-order valence-electron chi connectivity index (χ1n) is 10.4. The maximum absolute atomic E-state index is 12.7. The van der Waals surface area contributed by atoms with Crippen molar-refractivity contribution in [2.24, 2.45) is 5.73 Å². The molecule has 4 rings (SSSR count). The predicted molar refractivity (Wildman–Crippen MR) is 124 cm³/mol. The van der Waals surface area contributed by atoms with Crippen molar-refractivity contribution in [1.82, 2.24) is 0 Å². The fourth-order valence-corrected chi connectivity index (χ4v) is 3.37. The molecule has 160 valence electrons. The van der Waals surface area contributed by atoms with Gasteiger partial charge in [0.15, 0.2) is 0 Å². The molecule has 0 fully saturated rings. The first-order valence-corrected chi connectivity index (χ1v) is 10.4. The summed E-state index contributed by atoms with van der Waals surface area (Å²) < 4.78 is 11.3. The Morgan fingerprint density at radius 1 is 0.781 bits per heavy atom. The second kappa shape index (κ2) is 9.45. The van der Waals surface area contributed by atoms with Crippen LogP contribution in [0, 0.1) is 0 Å². The number of esters is 2. The third kappa shape index (κ3) is 4.68. The minimum atomic E-state index is -0.490. The SMILES string of the molecule is CC(CN)c1ccc2cc(OC(=O)c3ccccc3)cc(OC(=O)c3ccccc3)c2c1. The van der Waals surface area contributed by atoms with Crippen molar-refractivity contribution in [2.45, 2.75) is 12.8 Å². The Kier molecular flexibility index (Phi) is 6.29. The summed E-state index contributed by atoms with van der Waals surface area (Å²) in [6.45, 7) is 2.53. The van der Waals surface area contributed by atoms with Gasteiger partial charge in [0.25, 0.3) is 0 Å². The van der Waals surface area contributed by atoms with Crippen molar-refractivity contribution in [3.63, 3.8) is 0 Å². The topological polar surface area (TPSA) is 78.6 Å². The van der Waals surface area contributed by atoms with Gasteiger partial charge in [-0.3, -0.25) is 0 Å². The number of carbonyl (C=O) groups is 2. The maximum atomic E-state index is 12.7. The molecule has 0 saturated carbocycles. The molecule has 5 heteroatoms. The molecule has 0 aromatic heterocycles. The summed E-state index contributed by atoms with van der Waals surface area (Å²) in [7, 11) is 0. The molecule has 0 radical (unpaired) electrons. The first-order chi connectivity index (χ1) is 15.5. The first kappa shape index (κ1) is 21.3. The molecular formula is C27H23NO4. The number of fused-ring (bicyclic) bond motifs is 1. The number of rotatable bonds is 6. The summed E-state index contributed by atoms with van der Waals surface area (Å²) in [4.78, 5) is 25.3. The van der Waals surface area contributed by atoms with Crippen molar-refractivity contribution < 1.29 is 19.1 Å². The summed E-state index contributed by atoms with van der Waals surface area (Å²) >= 11 is 0. The van der Waals surface area contributed by atoms with Crippen LogP contribution in [0.15, 0.2) is 91.0 Å². The van der Waals surface area contributed by atoms with Crippen LogP contribution in [0.1, 0.15) is 39.1 Å². The van der Waals surface area contributed by atoms with Gasteiger partial charge in [0.2, 0.25) is 0 Å². The second-order valence-electron chi connectivity index (χ2n) is 7.55. The van der Waals surface area contributed by atoms with Gasteiger partial charge in [0.1, 0.15) is 11.5 Å². The van der Waals surface area contributed by atoms with E-state index in [1.807, 2.05) is 37.3 Å². The molecular weight excluding hydrogens is 402 g/mol. The van der Waals surface area contributed by atoms with E-state index < -0.39 is 11.9 Å². The zero-order chi connectivity index (χ0) is 22.5. The second-order valence-corrected chi connectivity index (χ2v) is 7.55. The average molecular weight is 425 g/mol. The summed E-state index contributed by atoms with van der Waals surface area (Å²) in [6.07, 6.45) is 0. The largest absolute Gasteiger partial charge is 0.423 e. The van der Waals surface area contributed by atoms with Gasteiger partial charge in [-0.25, -0.2) is 9.59 Å². The standard InChI is InChI=1S/C27H23NO4/c1-18(17-28)21-12-13-22-14-23(31-26(29)19-8-4-2-5-9-19)16-25(24(22)15-21)32-27(30)20-10-6-3-7-11-20/h2-16,18H,17,28H2,1H3. The molecule has 4 aromatic rings. The minimum absolute atomic E-state index is 0.146. The highest BCUT2D eigenvalue weighted by molar-refractivity contribution is 5.97. The highest BCUT2D eigenvalue weighted by atomic mass is 16.5. The van der Waals surface area contributed by atoms with Crippen molar-refractivity contribution >= 4 is 22.7 Å². The van der Waals surface area contributed by atoms with E-state index >= 15 is 0 Å². The van der Waals surface area contributed by atoms with Gasteiger partial charge in [-0.2, -0.15) is 0 Å². The molecule has 2 N–H and O–H groups in total. The highest BCUT2D eigenvalue weighted by Crippen LogP contribution is 2.34. The van der Waals surface area contributed by atoms with E-state index in [1.165, 1.54) is 0 Å². The molecule has 1 unspecified atom stereocenters. The lowest BCUT2D eigenvalue weighted by atomic mass is 9.97. The number of benzene rings is 4. The van der Waals surface area contributed by atoms with Gasteiger partial charge in [-0.15, -0.1) is 0 Å². The Labute approximate surface area is 186 Å². The smallest absolute Gasteiger partial charge is 0.343 e. The molecule has 0 aliphatic rings. The van der Waals surface area contributed by atoms with Gasteiger partial charge in [-0.05, 0) is 59.8 Å². The van der Waals surface area contributed by atoms with Crippen LogP contribution in [-0.4, -0.2) is 18.5 Å². The van der Waals surface area contributed by atoms with E-state index in [9.17, 15) is 9.59 Å². The van der Waals surface area contributed by atoms with Crippen LogP contribution < -0.4 is 15.2 Å². The Hall–Kier alpha value is -3.96. The quantitative estimate of drug-likeness (QED) is 0.333. The van der Waals surface area contributed by atoms with Gasteiger partial charge in [0.05, 0.1) is 11.1 Å². The van der Waals surface area contributed by atoms with E-state index in [0.29, 0.717) is 29.2 Å². The van der Waals surface area contributed by atoms with Crippen LogP contribution in [-0.2, 0) is 0 Å². The summed E-state index contributed by atoms with van der Waals surface area (Å²) in [5.41, 5.74) is 7.73. The maximum Gasteiger partial charge on any atom is 0.343 e. The Bertz CT molecular complexity index is 1250. The predicted octanol–water partition coefficient (Wildman–Crippen LogP) is 5.34. The van der Waals surface area contributed by atoms with Crippen LogP contribution in [0.25, 0.3) is 10.8 Å². The number of ether oxygens (including phenoxy) is 2. The van der Waals surface area contributed by atoms with Gasteiger partial charge in [-0.1, -0.05) is 55.5 Å². The van der Waals surface area contributed by atoms with Crippen molar-refractivity contribution in [3.8, 4) is 11.5 Å². The van der Waals surface area contributed by atoms with Crippen LogP contribution in [0.2, 0.25) is 0 Å². The fourth-order valence-electron chi connectivity index (χ4n) is 3.37. The van der Waals surface area contributed by atoms with Crippen molar-refractivity contribution in [1.29, 1.82) is 0 Å². The molecule has 0 saturated heterocycles. The molecule has 0 bridgehead atoms. The Morgan fingerprint density at radius 3 is 1.97 bits per heavy atom. The molecule has 32 heavy (non-hydrogen) atoms. The monoisotopic (exact) mass is 425 g/mol. The molecule has 1 atom stereocenters. The van der Waals surface area contributed by atoms with Gasteiger partial charge in [0, 0.05) is 11.5 Å². The molecule has 0 heterocycles. The zero-order valence-electron chi connectivity index (χ0n) is 17.7. The van der Waals surface area contributed by atoms with Gasteiger partial charge < -0.3 is 15.2 Å². The molecule has 0 spiro atoms. The lowest BCUT2D eigenvalue weighted by Crippen LogP contribution is -2.11. The lowest BCUT2D eigenvalue weighted by molar-refractivity contribution is 0.0734. The third-order valence-electron chi connectivity index (χ3n) is 5.27. The summed E-state index contributed by atoms with van der Waals surface area (Å²) in [6, 6.07) is 26.6. The number of carbonyl (C=O) groups excluding carboxylic acids is 2. The molecule has 5 nitrogen and oxygen atoms in total. The minimum Gasteiger partial charge on any atom is -0.423 e. The number of hydrogen-bond acceptors (Lipinski definition) is 5. The van der Waals surface area contributed by atoms with Crippen LogP contribution in [0.3, 0.4) is 0 Å². The van der Waals surface area contributed by atoms with E-state index in [2.05, 4.69) is 0 Å². The fraction of sp³-hybridized carbons (Fsp3) is 0.111. The molecule has 0 amide bonds. The summed E-state index contributed by atoms with van der Waals surface area (Å²) in [5, 5.41) is 1.53. The lowest BCUT2D eigenvalue weighted by Gasteiger charge is -2.14. The molecule has 0 aliphatic heterocycles. The van der Waals surface area contributed by atoms with E-state index in [1.54, 1.807) is 60.7 Å². The highest BCUT2D eigenvalue weighted by Gasteiger charge is 2.16. The Morgan fingerprint density at radius 2 is 1.38 bits per heavy atom. The normalized spacial score (nSPS) is 11.7. The van der Waals surface area contributed by atoms with Crippen molar-refractivity contribution in [2.75, 3.05) is 6.54 Å². The number of hydrogen-bond donors (Lipinski definition) is 1. The molecule has 0 aliphatic carbocycles. The van der Waals surface area contributed by atoms with E-state index in [-0.39, 0.29) is 5.92 Å². The van der Waals surface area contributed by atoms with Crippen molar-refractivity contribution in [3.05, 3.63) is 108 Å². The van der Waals surface area contributed by atoms with Gasteiger partial charge >= 0.3 is 11.9 Å².